The molecule has 0 bridgehead atoms. The van der Waals surface area contributed by atoms with Crippen LogP contribution in [0.2, 0.25) is 5.02 Å². The minimum Gasteiger partial charge on any atom is -0.465 e. The monoisotopic (exact) mass is 285 g/mol. The van der Waals surface area contributed by atoms with E-state index in [1.54, 1.807) is 19.1 Å². The number of anilines is 1. The summed E-state index contributed by atoms with van der Waals surface area (Å²) in [5.41, 5.74) is 0.181. The van der Waals surface area contributed by atoms with Crippen LogP contribution >= 0.6 is 11.6 Å². The van der Waals surface area contributed by atoms with E-state index in [4.69, 9.17) is 11.6 Å². The maximum Gasteiger partial charge on any atom is 0.339 e. The highest BCUT2D eigenvalue weighted by Crippen LogP contribution is 2.31. The van der Waals surface area contributed by atoms with Crippen molar-refractivity contribution in [1.82, 2.24) is 0 Å². The van der Waals surface area contributed by atoms with Gasteiger partial charge in [-0.3, -0.25) is 0 Å². The van der Waals surface area contributed by atoms with Gasteiger partial charge in [0.15, 0.2) is 0 Å². The van der Waals surface area contributed by atoms with Crippen LogP contribution in [0, 0.1) is 0 Å². The minimum absolute atomic E-state index is 0.347. The molecule has 1 saturated heterocycles. The van der Waals surface area contributed by atoms with E-state index < -0.39 is 11.6 Å². The van der Waals surface area contributed by atoms with E-state index in [-0.39, 0.29) is 0 Å². The summed E-state index contributed by atoms with van der Waals surface area (Å²) in [5.74, 6) is -0.452. The molecule has 0 atom stereocenters. The summed E-state index contributed by atoms with van der Waals surface area (Å²) >= 11 is 6.08. The zero-order chi connectivity index (χ0) is 14.0. The number of carbonyl (C=O) groups excluding carboxylic acids is 1. The van der Waals surface area contributed by atoms with E-state index in [1.165, 1.54) is 7.11 Å². The Morgan fingerprint density at radius 1 is 1.42 bits per heavy atom. The van der Waals surface area contributed by atoms with Crippen LogP contribution < -0.4 is 4.90 Å². The lowest BCUT2D eigenvalue weighted by Crippen LogP contribution is -2.40. The van der Waals surface area contributed by atoms with Crippen LogP contribution in [0.3, 0.4) is 0 Å². The summed E-state index contributed by atoms with van der Waals surface area (Å²) in [7, 11) is 1.32. The Balaban J connectivity index is 2.15. The van der Waals surface area contributed by atoms with E-state index >= 15 is 0 Å². The van der Waals surface area contributed by atoms with Crippen LogP contribution in [-0.4, -0.2) is 31.8 Å². The Hall–Kier alpha value is -1.29. The van der Waals surface area contributed by atoms with E-state index in [0.29, 0.717) is 36.5 Å². The van der Waals surface area contributed by atoms with Gasteiger partial charge in [0, 0.05) is 18.8 Å². The van der Waals surface area contributed by atoms with E-state index in [9.17, 15) is 9.18 Å². The number of halogens is 2. The Morgan fingerprint density at radius 3 is 2.58 bits per heavy atom. The standard InChI is InChI=1S/C14H17ClFNO2/c1-14(16)5-7-17(8-6-14)10-3-4-11(12(15)9-10)13(18)19-2/h3-4,9H,5-8H2,1-2H3. The minimum atomic E-state index is -1.08. The molecule has 0 radical (unpaired) electrons. The molecule has 0 N–H and O–H groups in total. The van der Waals surface area contributed by atoms with Crippen molar-refractivity contribution in [2.24, 2.45) is 0 Å². The number of methoxy groups -OCH3 is 1. The number of hydrogen-bond acceptors (Lipinski definition) is 3. The molecule has 0 unspecified atom stereocenters. The van der Waals surface area contributed by atoms with Gasteiger partial charge in [0.25, 0.3) is 0 Å². The van der Waals surface area contributed by atoms with E-state index in [0.717, 1.165) is 5.69 Å². The smallest absolute Gasteiger partial charge is 0.339 e. The number of nitrogens with zero attached hydrogens (tertiary/aromatic N) is 1. The van der Waals surface area contributed by atoms with Crippen molar-refractivity contribution in [1.29, 1.82) is 0 Å². The highest BCUT2D eigenvalue weighted by Gasteiger charge is 2.29. The first-order chi connectivity index (χ1) is 8.93. The van der Waals surface area contributed by atoms with Crippen molar-refractivity contribution in [3.63, 3.8) is 0 Å². The Labute approximate surface area is 117 Å². The van der Waals surface area contributed by atoms with Gasteiger partial charge >= 0.3 is 5.97 Å². The summed E-state index contributed by atoms with van der Waals surface area (Å²) in [6.45, 7) is 2.94. The van der Waals surface area contributed by atoms with Gasteiger partial charge in [-0.2, -0.15) is 0 Å². The highest BCUT2D eigenvalue weighted by atomic mass is 35.5. The molecule has 2 rings (SSSR count). The third-order valence-corrected chi connectivity index (χ3v) is 3.84. The number of benzene rings is 1. The topological polar surface area (TPSA) is 29.5 Å². The summed E-state index contributed by atoms with van der Waals surface area (Å²) in [5, 5.41) is 0.359. The predicted molar refractivity (Wildman–Crippen MR) is 73.8 cm³/mol. The second kappa shape index (κ2) is 5.37. The largest absolute Gasteiger partial charge is 0.465 e. The zero-order valence-corrected chi connectivity index (χ0v) is 11.8. The fraction of sp³-hybridized carbons (Fsp3) is 0.500. The number of esters is 1. The third kappa shape index (κ3) is 3.18. The first-order valence-electron chi connectivity index (χ1n) is 6.25. The number of rotatable bonds is 2. The number of alkyl halides is 1. The van der Waals surface area contributed by atoms with Crippen LogP contribution in [-0.2, 0) is 4.74 Å². The summed E-state index contributed by atoms with van der Waals surface area (Å²) in [6, 6.07) is 5.19. The second-order valence-corrected chi connectivity index (χ2v) is 5.46. The molecule has 0 aliphatic carbocycles. The predicted octanol–water partition coefficient (Wildman–Crippen LogP) is 3.46. The Bertz CT molecular complexity index is 480. The molecule has 19 heavy (non-hydrogen) atoms. The molecule has 1 fully saturated rings. The molecule has 104 valence electrons. The van der Waals surface area contributed by atoms with Crippen molar-refractivity contribution >= 4 is 23.3 Å². The third-order valence-electron chi connectivity index (χ3n) is 3.53. The number of carbonyl (C=O) groups is 1. The summed E-state index contributed by atoms with van der Waals surface area (Å²) in [4.78, 5) is 13.5. The zero-order valence-electron chi connectivity index (χ0n) is 11.1. The van der Waals surface area contributed by atoms with Crippen LogP contribution in [0.1, 0.15) is 30.1 Å². The second-order valence-electron chi connectivity index (χ2n) is 5.06. The lowest BCUT2D eigenvalue weighted by Gasteiger charge is -2.35. The van der Waals surface area contributed by atoms with Crippen LogP contribution in [0.5, 0.6) is 0 Å². The molecule has 1 aliphatic heterocycles. The summed E-state index contributed by atoms with van der Waals surface area (Å²) in [6.07, 6.45) is 1.01. The van der Waals surface area contributed by atoms with E-state index in [2.05, 4.69) is 9.64 Å². The number of hydrogen-bond donors (Lipinski definition) is 0. The molecule has 3 nitrogen and oxygen atoms in total. The molecule has 1 aliphatic rings. The van der Waals surface area contributed by atoms with Gasteiger partial charge in [-0.1, -0.05) is 11.6 Å². The van der Waals surface area contributed by atoms with Crippen molar-refractivity contribution in [3.05, 3.63) is 28.8 Å². The SMILES string of the molecule is COC(=O)c1ccc(N2CCC(C)(F)CC2)cc1Cl. The fourth-order valence-corrected chi connectivity index (χ4v) is 2.46. The molecule has 1 aromatic rings. The lowest BCUT2D eigenvalue weighted by atomic mass is 9.95. The first-order valence-corrected chi connectivity index (χ1v) is 6.62. The van der Waals surface area contributed by atoms with Gasteiger partial charge in [-0.15, -0.1) is 0 Å². The quantitative estimate of drug-likeness (QED) is 0.780. The van der Waals surface area contributed by atoms with Crippen molar-refractivity contribution < 1.29 is 13.9 Å². The number of ether oxygens (including phenoxy) is 1. The molecular weight excluding hydrogens is 269 g/mol. The first kappa shape index (κ1) is 14.1. The van der Waals surface area contributed by atoms with Crippen LogP contribution in [0.15, 0.2) is 18.2 Å². The lowest BCUT2D eigenvalue weighted by molar-refractivity contribution is 0.0601. The number of piperidine rings is 1. The molecule has 0 saturated carbocycles. The van der Waals surface area contributed by atoms with Crippen LogP contribution in [0.4, 0.5) is 10.1 Å². The normalized spacial score (nSPS) is 18.2. The Morgan fingerprint density at radius 2 is 2.05 bits per heavy atom. The summed E-state index contributed by atoms with van der Waals surface area (Å²) < 4.78 is 18.4. The Kier molecular flexibility index (Phi) is 3.99. The van der Waals surface area contributed by atoms with Gasteiger partial charge in [-0.25, -0.2) is 9.18 Å². The molecule has 1 aromatic carbocycles. The molecule has 0 amide bonds. The van der Waals surface area contributed by atoms with E-state index in [1.807, 2.05) is 6.07 Å². The molecule has 0 spiro atoms. The van der Waals surface area contributed by atoms with Crippen molar-refractivity contribution in [2.45, 2.75) is 25.4 Å². The molecule has 5 heteroatoms. The molecule has 0 aromatic heterocycles. The molecule has 1 heterocycles. The van der Waals surface area contributed by atoms with Crippen LogP contribution in [0.25, 0.3) is 0 Å². The maximum absolute atomic E-state index is 13.7. The maximum atomic E-state index is 13.7. The van der Waals surface area contributed by atoms with Crippen molar-refractivity contribution in [3.8, 4) is 0 Å². The average Bonchev–Trinajstić information content (AvgIpc) is 2.37. The van der Waals surface area contributed by atoms with Gasteiger partial charge in [0.2, 0.25) is 0 Å². The fourth-order valence-electron chi connectivity index (χ4n) is 2.21. The molecular formula is C14H17ClFNO2. The van der Waals surface area contributed by atoms with Gasteiger partial charge in [0.1, 0.15) is 5.67 Å². The van der Waals surface area contributed by atoms with Gasteiger partial charge < -0.3 is 9.64 Å². The van der Waals surface area contributed by atoms with Gasteiger partial charge in [-0.05, 0) is 38.0 Å². The van der Waals surface area contributed by atoms with Crippen molar-refractivity contribution in [2.75, 3.05) is 25.1 Å². The average molecular weight is 286 g/mol. The highest BCUT2D eigenvalue weighted by molar-refractivity contribution is 6.33. The van der Waals surface area contributed by atoms with Gasteiger partial charge in [0.05, 0.1) is 17.7 Å².